The quantitative estimate of drug-likeness (QED) is 0.737. The van der Waals surface area contributed by atoms with Gasteiger partial charge in [-0.05, 0) is 42.6 Å². The van der Waals surface area contributed by atoms with E-state index in [-0.39, 0.29) is 0 Å². The van der Waals surface area contributed by atoms with Gasteiger partial charge in [-0.3, -0.25) is 0 Å². The van der Waals surface area contributed by atoms with E-state index in [4.69, 9.17) is 11.6 Å². The standard InChI is InChI=1S/C17H22ClNS/c1-3-11-19-16(12-14-9-10-17(18)20-14)15-8-6-5-7-13(15)4-2/h5-10,16,19H,3-4,11-12H2,1-2H3. The number of benzene rings is 1. The monoisotopic (exact) mass is 307 g/mol. The van der Waals surface area contributed by atoms with Crippen LogP contribution in [0.4, 0.5) is 0 Å². The highest BCUT2D eigenvalue weighted by Gasteiger charge is 2.15. The van der Waals surface area contributed by atoms with Crippen LogP contribution in [0, 0.1) is 0 Å². The molecular weight excluding hydrogens is 286 g/mol. The second-order valence-corrected chi connectivity index (χ2v) is 6.77. The van der Waals surface area contributed by atoms with Crippen molar-refractivity contribution in [3.05, 3.63) is 56.7 Å². The van der Waals surface area contributed by atoms with Crippen LogP contribution in [-0.2, 0) is 12.8 Å². The molecule has 0 radical (unpaired) electrons. The Morgan fingerprint density at radius 3 is 2.60 bits per heavy atom. The minimum atomic E-state index is 0.376. The van der Waals surface area contributed by atoms with Crippen LogP contribution >= 0.6 is 22.9 Å². The minimum absolute atomic E-state index is 0.376. The van der Waals surface area contributed by atoms with Crippen molar-refractivity contribution >= 4 is 22.9 Å². The molecule has 0 amide bonds. The lowest BCUT2D eigenvalue weighted by molar-refractivity contribution is 0.529. The molecule has 1 atom stereocenters. The van der Waals surface area contributed by atoms with Crippen LogP contribution < -0.4 is 5.32 Å². The highest BCUT2D eigenvalue weighted by atomic mass is 35.5. The zero-order valence-corrected chi connectivity index (χ0v) is 13.7. The Morgan fingerprint density at radius 1 is 1.15 bits per heavy atom. The first-order valence-electron chi connectivity index (χ1n) is 7.30. The Morgan fingerprint density at radius 2 is 1.95 bits per heavy atom. The third-order valence-electron chi connectivity index (χ3n) is 3.49. The van der Waals surface area contributed by atoms with E-state index in [1.54, 1.807) is 11.3 Å². The van der Waals surface area contributed by atoms with E-state index in [2.05, 4.69) is 49.5 Å². The summed E-state index contributed by atoms with van der Waals surface area (Å²) in [6, 6.07) is 13.3. The molecule has 2 rings (SSSR count). The molecule has 3 heteroatoms. The lowest BCUT2D eigenvalue weighted by Crippen LogP contribution is -2.24. The summed E-state index contributed by atoms with van der Waals surface area (Å²) in [5, 5.41) is 3.68. The highest BCUT2D eigenvalue weighted by molar-refractivity contribution is 7.16. The van der Waals surface area contributed by atoms with Crippen LogP contribution in [0.25, 0.3) is 0 Å². The lowest BCUT2D eigenvalue weighted by atomic mass is 9.96. The Balaban J connectivity index is 2.22. The van der Waals surface area contributed by atoms with Crippen LogP contribution in [0.15, 0.2) is 36.4 Å². The van der Waals surface area contributed by atoms with Gasteiger partial charge in [0.05, 0.1) is 4.34 Å². The largest absolute Gasteiger partial charge is 0.310 e. The molecule has 108 valence electrons. The third-order valence-corrected chi connectivity index (χ3v) is 4.74. The molecule has 0 saturated heterocycles. The van der Waals surface area contributed by atoms with E-state index in [1.807, 2.05) is 6.07 Å². The van der Waals surface area contributed by atoms with Gasteiger partial charge in [-0.2, -0.15) is 0 Å². The van der Waals surface area contributed by atoms with Crippen molar-refractivity contribution in [3.8, 4) is 0 Å². The average molecular weight is 308 g/mol. The molecule has 0 fully saturated rings. The molecule has 20 heavy (non-hydrogen) atoms. The van der Waals surface area contributed by atoms with E-state index in [9.17, 15) is 0 Å². The number of rotatable bonds is 7. The van der Waals surface area contributed by atoms with Crippen LogP contribution in [0.2, 0.25) is 4.34 Å². The van der Waals surface area contributed by atoms with Gasteiger partial charge in [0.2, 0.25) is 0 Å². The van der Waals surface area contributed by atoms with Gasteiger partial charge in [-0.25, -0.2) is 0 Å². The van der Waals surface area contributed by atoms with Gasteiger partial charge in [0.1, 0.15) is 0 Å². The summed E-state index contributed by atoms with van der Waals surface area (Å²) in [4.78, 5) is 1.34. The zero-order chi connectivity index (χ0) is 14.4. The van der Waals surface area contributed by atoms with Crippen LogP contribution in [0.1, 0.15) is 42.3 Å². The lowest BCUT2D eigenvalue weighted by Gasteiger charge is -2.21. The number of aryl methyl sites for hydroxylation is 1. The fourth-order valence-corrected chi connectivity index (χ4v) is 3.60. The molecule has 0 aliphatic rings. The molecule has 2 aromatic rings. The fourth-order valence-electron chi connectivity index (χ4n) is 2.47. The molecule has 0 aliphatic carbocycles. The Hall–Kier alpha value is -0.830. The maximum absolute atomic E-state index is 6.05. The van der Waals surface area contributed by atoms with Gasteiger partial charge < -0.3 is 5.32 Å². The van der Waals surface area contributed by atoms with E-state index in [0.717, 1.165) is 30.1 Å². The zero-order valence-electron chi connectivity index (χ0n) is 12.2. The molecule has 1 N–H and O–H groups in total. The van der Waals surface area contributed by atoms with Gasteiger partial charge >= 0.3 is 0 Å². The number of hydrogen-bond acceptors (Lipinski definition) is 2. The van der Waals surface area contributed by atoms with Crippen molar-refractivity contribution in [2.75, 3.05) is 6.54 Å². The van der Waals surface area contributed by atoms with Crippen LogP contribution in [0.3, 0.4) is 0 Å². The predicted molar refractivity (Wildman–Crippen MR) is 89.9 cm³/mol. The molecule has 0 saturated carbocycles. The molecule has 1 nitrogen and oxygen atoms in total. The van der Waals surface area contributed by atoms with Crippen molar-refractivity contribution in [3.63, 3.8) is 0 Å². The molecule has 0 bridgehead atoms. The van der Waals surface area contributed by atoms with Crippen molar-refractivity contribution < 1.29 is 0 Å². The smallest absolute Gasteiger partial charge is 0.0931 e. The van der Waals surface area contributed by atoms with E-state index < -0.39 is 0 Å². The molecule has 0 aliphatic heterocycles. The average Bonchev–Trinajstić information content (AvgIpc) is 2.88. The second-order valence-electron chi connectivity index (χ2n) is 4.97. The number of thiophene rings is 1. The Kier molecular flexibility index (Phi) is 6.08. The second kappa shape index (κ2) is 7.82. The predicted octanol–water partition coefficient (Wildman–Crippen LogP) is 5.25. The van der Waals surface area contributed by atoms with E-state index in [0.29, 0.717) is 6.04 Å². The van der Waals surface area contributed by atoms with Gasteiger partial charge in [-0.15, -0.1) is 11.3 Å². The summed E-state index contributed by atoms with van der Waals surface area (Å²) < 4.78 is 0.873. The summed E-state index contributed by atoms with van der Waals surface area (Å²) in [6.45, 7) is 5.47. The maximum Gasteiger partial charge on any atom is 0.0931 e. The maximum atomic E-state index is 6.05. The first kappa shape index (κ1) is 15.6. The molecular formula is C17H22ClNS. The van der Waals surface area contributed by atoms with Crippen molar-refractivity contribution in [1.29, 1.82) is 0 Å². The number of halogens is 1. The summed E-state index contributed by atoms with van der Waals surface area (Å²) in [6.07, 6.45) is 3.23. The summed E-state index contributed by atoms with van der Waals surface area (Å²) in [5.41, 5.74) is 2.86. The first-order chi connectivity index (χ1) is 9.74. The molecule has 1 unspecified atom stereocenters. The first-order valence-corrected chi connectivity index (χ1v) is 8.49. The molecule has 0 spiro atoms. The fraction of sp³-hybridized carbons (Fsp3) is 0.412. The minimum Gasteiger partial charge on any atom is -0.310 e. The van der Waals surface area contributed by atoms with E-state index in [1.165, 1.54) is 16.0 Å². The molecule has 1 aromatic heterocycles. The van der Waals surface area contributed by atoms with Crippen molar-refractivity contribution in [2.24, 2.45) is 0 Å². The Bertz CT molecular complexity index is 535. The van der Waals surface area contributed by atoms with Crippen LogP contribution in [0.5, 0.6) is 0 Å². The summed E-state index contributed by atoms with van der Waals surface area (Å²) >= 11 is 7.73. The molecule has 1 heterocycles. The van der Waals surface area contributed by atoms with E-state index >= 15 is 0 Å². The summed E-state index contributed by atoms with van der Waals surface area (Å²) in [5.74, 6) is 0. The van der Waals surface area contributed by atoms with Crippen LogP contribution in [-0.4, -0.2) is 6.54 Å². The molecule has 1 aromatic carbocycles. The normalized spacial score (nSPS) is 12.6. The Labute approximate surface area is 131 Å². The van der Waals surface area contributed by atoms with Gasteiger partial charge in [0.25, 0.3) is 0 Å². The number of nitrogens with one attached hydrogen (secondary N) is 1. The summed E-state index contributed by atoms with van der Waals surface area (Å²) in [7, 11) is 0. The van der Waals surface area contributed by atoms with Crippen molar-refractivity contribution in [2.45, 2.75) is 39.2 Å². The number of hydrogen-bond donors (Lipinski definition) is 1. The van der Waals surface area contributed by atoms with Gasteiger partial charge in [0.15, 0.2) is 0 Å². The van der Waals surface area contributed by atoms with Crippen molar-refractivity contribution in [1.82, 2.24) is 5.32 Å². The SMILES string of the molecule is CCCNC(Cc1ccc(Cl)s1)c1ccccc1CC. The third kappa shape index (κ3) is 4.08. The van der Waals surface area contributed by atoms with Gasteiger partial charge in [-0.1, -0.05) is 49.7 Å². The highest BCUT2D eigenvalue weighted by Crippen LogP contribution is 2.28. The van der Waals surface area contributed by atoms with Gasteiger partial charge in [0, 0.05) is 17.3 Å². The topological polar surface area (TPSA) is 12.0 Å².